The number of hydrogen-bond acceptors (Lipinski definition) is 5. The van der Waals surface area contributed by atoms with Crippen LogP contribution in [-0.4, -0.2) is 65.9 Å². The standard InChI is InChI=1S/C19H22ClN3O5/c1-12(16(24)23-10-8-21-19(23)27)28-18(26)14-3-2-9-22(11-14)17(25)13-4-6-15(20)7-5-13/h4-7,12,14H,2-3,8-11H2,1H3,(H,21,27)/t12-,14+/m1/s1. The molecule has 1 aromatic rings. The van der Waals surface area contributed by atoms with E-state index in [0.29, 0.717) is 36.5 Å². The monoisotopic (exact) mass is 407 g/mol. The number of nitrogens with zero attached hydrogens (tertiary/aromatic N) is 2. The number of rotatable bonds is 4. The van der Waals surface area contributed by atoms with Crippen LogP contribution < -0.4 is 5.32 Å². The van der Waals surface area contributed by atoms with Crippen LogP contribution in [0.15, 0.2) is 24.3 Å². The molecule has 28 heavy (non-hydrogen) atoms. The summed E-state index contributed by atoms with van der Waals surface area (Å²) in [5.74, 6) is -1.76. The number of piperidine rings is 1. The van der Waals surface area contributed by atoms with Gasteiger partial charge in [0.25, 0.3) is 11.8 Å². The van der Waals surface area contributed by atoms with Gasteiger partial charge in [-0.05, 0) is 44.0 Å². The molecule has 0 bridgehead atoms. The Balaban J connectivity index is 1.58. The van der Waals surface area contributed by atoms with Crippen molar-refractivity contribution >= 4 is 35.4 Å². The molecular weight excluding hydrogens is 386 g/mol. The highest BCUT2D eigenvalue weighted by Crippen LogP contribution is 2.21. The molecule has 2 aliphatic heterocycles. The summed E-state index contributed by atoms with van der Waals surface area (Å²) < 4.78 is 5.30. The van der Waals surface area contributed by atoms with Gasteiger partial charge in [0.1, 0.15) is 0 Å². The maximum Gasteiger partial charge on any atom is 0.324 e. The Hall–Kier alpha value is -2.61. The number of imide groups is 1. The van der Waals surface area contributed by atoms with Crippen LogP contribution in [0.1, 0.15) is 30.1 Å². The first kappa shape index (κ1) is 20.1. The van der Waals surface area contributed by atoms with Crippen molar-refractivity contribution in [2.75, 3.05) is 26.2 Å². The molecule has 0 radical (unpaired) electrons. The zero-order chi connectivity index (χ0) is 20.3. The smallest absolute Gasteiger partial charge is 0.324 e. The molecule has 0 unspecified atom stereocenters. The van der Waals surface area contributed by atoms with E-state index in [0.717, 1.165) is 4.90 Å². The topological polar surface area (TPSA) is 96.0 Å². The van der Waals surface area contributed by atoms with Crippen molar-refractivity contribution in [1.29, 1.82) is 0 Å². The number of nitrogens with one attached hydrogen (secondary N) is 1. The van der Waals surface area contributed by atoms with Crippen molar-refractivity contribution in [1.82, 2.24) is 15.1 Å². The fourth-order valence-electron chi connectivity index (χ4n) is 3.35. The van der Waals surface area contributed by atoms with Crippen LogP contribution in [0.25, 0.3) is 0 Å². The van der Waals surface area contributed by atoms with Crippen molar-refractivity contribution in [3.05, 3.63) is 34.9 Å². The maximum absolute atomic E-state index is 12.6. The number of likely N-dealkylation sites (tertiary alicyclic amines) is 1. The van der Waals surface area contributed by atoms with Crippen LogP contribution in [0.4, 0.5) is 4.79 Å². The van der Waals surface area contributed by atoms with Crippen molar-refractivity contribution in [2.24, 2.45) is 5.92 Å². The van der Waals surface area contributed by atoms with E-state index in [1.165, 1.54) is 6.92 Å². The minimum absolute atomic E-state index is 0.174. The third kappa shape index (κ3) is 4.44. The number of halogens is 1. The molecule has 8 nitrogen and oxygen atoms in total. The molecule has 2 atom stereocenters. The number of ether oxygens (including phenoxy) is 1. The van der Waals surface area contributed by atoms with E-state index in [1.54, 1.807) is 29.2 Å². The lowest BCUT2D eigenvalue weighted by molar-refractivity contribution is -0.162. The predicted octanol–water partition coefficient (Wildman–Crippen LogP) is 1.68. The van der Waals surface area contributed by atoms with Gasteiger partial charge < -0.3 is 15.0 Å². The normalized spacial score (nSPS) is 20.5. The van der Waals surface area contributed by atoms with Gasteiger partial charge in [0, 0.05) is 36.8 Å². The van der Waals surface area contributed by atoms with E-state index in [2.05, 4.69) is 5.32 Å². The van der Waals surface area contributed by atoms with E-state index >= 15 is 0 Å². The molecule has 1 N–H and O–H groups in total. The Bertz CT molecular complexity index is 782. The number of amides is 4. The van der Waals surface area contributed by atoms with E-state index in [4.69, 9.17) is 16.3 Å². The van der Waals surface area contributed by atoms with E-state index in [1.807, 2.05) is 0 Å². The molecule has 9 heteroatoms. The molecule has 2 heterocycles. The van der Waals surface area contributed by atoms with Gasteiger partial charge in [0.2, 0.25) is 0 Å². The Morgan fingerprint density at radius 1 is 1.21 bits per heavy atom. The van der Waals surface area contributed by atoms with Gasteiger partial charge in [-0.15, -0.1) is 0 Å². The highest BCUT2D eigenvalue weighted by molar-refractivity contribution is 6.30. The van der Waals surface area contributed by atoms with Crippen molar-refractivity contribution in [2.45, 2.75) is 25.9 Å². The average Bonchev–Trinajstić information content (AvgIpc) is 3.13. The van der Waals surface area contributed by atoms with Gasteiger partial charge in [-0.3, -0.25) is 19.3 Å². The number of benzene rings is 1. The Morgan fingerprint density at radius 3 is 2.57 bits per heavy atom. The van der Waals surface area contributed by atoms with E-state index < -0.39 is 29.9 Å². The number of carbonyl (C=O) groups excluding carboxylic acids is 4. The summed E-state index contributed by atoms with van der Waals surface area (Å²) in [5.41, 5.74) is 0.502. The molecule has 0 spiro atoms. The minimum Gasteiger partial charge on any atom is -0.452 e. The number of esters is 1. The Labute approximate surface area is 167 Å². The maximum atomic E-state index is 12.6. The van der Waals surface area contributed by atoms with Crippen LogP contribution in [0.2, 0.25) is 5.02 Å². The Morgan fingerprint density at radius 2 is 1.93 bits per heavy atom. The Kier molecular flexibility index (Phi) is 6.18. The predicted molar refractivity (Wildman–Crippen MR) is 101 cm³/mol. The first-order chi connectivity index (χ1) is 13.4. The fourth-order valence-corrected chi connectivity index (χ4v) is 3.48. The van der Waals surface area contributed by atoms with Crippen LogP contribution in [0.5, 0.6) is 0 Å². The lowest BCUT2D eigenvalue weighted by atomic mass is 9.97. The molecule has 2 fully saturated rings. The van der Waals surface area contributed by atoms with Gasteiger partial charge >= 0.3 is 12.0 Å². The lowest BCUT2D eigenvalue weighted by Crippen LogP contribution is -2.45. The summed E-state index contributed by atoms with van der Waals surface area (Å²) in [6.45, 7) is 2.87. The molecular formula is C19H22ClN3O5. The average molecular weight is 408 g/mol. The van der Waals surface area contributed by atoms with E-state index in [-0.39, 0.29) is 19.0 Å². The summed E-state index contributed by atoms with van der Waals surface area (Å²) in [6.07, 6.45) is 0.184. The summed E-state index contributed by atoms with van der Waals surface area (Å²) in [7, 11) is 0. The summed E-state index contributed by atoms with van der Waals surface area (Å²) in [4.78, 5) is 51.7. The number of hydrogen-bond donors (Lipinski definition) is 1. The van der Waals surface area contributed by atoms with Crippen LogP contribution in [-0.2, 0) is 14.3 Å². The number of carbonyl (C=O) groups is 4. The van der Waals surface area contributed by atoms with Gasteiger partial charge in [-0.2, -0.15) is 0 Å². The van der Waals surface area contributed by atoms with Gasteiger partial charge in [-0.1, -0.05) is 11.6 Å². The fraction of sp³-hybridized carbons (Fsp3) is 0.474. The highest BCUT2D eigenvalue weighted by atomic mass is 35.5. The first-order valence-electron chi connectivity index (χ1n) is 9.21. The quantitative estimate of drug-likeness (QED) is 0.766. The van der Waals surface area contributed by atoms with E-state index in [9.17, 15) is 19.2 Å². The molecule has 0 saturated carbocycles. The largest absolute Gasteiger partial charge is 0.452 e. The second-order valence-corrected chi connectivity index (χ2v) is 7.33. The second kappa shape index (κ2) is 8.60. The SMILES string of the molecule is C[C@@H](OC(=O)[C@H]1CCCN(C(=O)c2ccc(Cl)cc2)C1)C(=O)N1CCNC1=O. The highest BCUT2D eigenvalue weighted by Gasteiger charge is 2.35. The molecule has 3 rings (SSSR count). The van der Waals surface area contributed by atoms with Gasteiger partial charge in [0.05, 0.1) is 5.92 Å². The van der Waals surface area contributed by atoms with Crippen molar-refractivity contribution in [3.63, 3.8) is 0 Å². The zero-order valence-corrected chi connectivity index (χ0v) is 16.3. The van der Waals surface area contributed by atoms with Crippen LogP contribution in [0.3, 0.4) is 0 Å². The zero-order valence-electron chi connectivity index (χ0n) is 15.5. The summed E-state index contributed by atoms with van der Waals surface area (Å²) in [5, 5.41) is 3.08. The van der Waals surface area contributed by atoms with Gasteiger partial charge in [-0.25, -0.2) is 4.79 Å². The third-order valence-corrected chi connectivity index (χ3v) is 5.15. The van der Waals surface area contributed by atoms with Crippen molar-refractivity contribution in [3.8, 4) is 0 Å². The molecule has 150 valence electrons. The minimum atomic E-state index is -1.06. The molecule has 0 aromatic heterocycles. The molecule has 0 aliphatic carbocycles. The molecule has 4 amide bonds. The summed E-state index contributed by atoms with van der Waals surface area (Å²) in [6, 6.07) is 6.10. The summed E-state index contributed by atoms with van der Waals surface area (Å²) >= 11 is 5.85. The molecule has 1 aromatic carbocycles. The number of urea groups is 1. The third-order valence-electron chi connectivity index (χ3n) is 4.90. The van der Waals surface area contributed by atoms with Gasteiger partial charge in [0.15, 0.2) is 6.10 Å². The second-order valence-electron chi connectivity index (χ2n) is 6.90. The van der Waals surface area contributed by atoms with Crippen molar-refractivity contribution < 1.29 is 23.9 Å². The van der Waals surface area contributed by atoms with Crippen LogP contribution >= 0.6 is 11.6 Å². The first-order valence-corrected chi connectivity index (χ1v) is 9.59. The van der Waals surface area contributed by atoms with Crippen LogP contribution in [0, 0.1) is 5.92 Å². The lowest BCUT2D eigenvalue weighted by Gasteiger charge is -2.32. The molecule has 2 aliphatic rings. The molecule has 2 saturated heterocycles.